The van der Waals surface area contributed by atoms with Crippen molar-refractivity contribution in [1.82, 2.24) is 5.06 Å². The number of hydroxylamine groups is 2. The van der Waals surface area contributed by atoms with Crippen LogP contribution in [0.3, 0.4) is 0 Å². The van der Waals surface area contributed by atoms with Crippen LogP contribution in [0.2, 0.25) is 0 Å². The largest absolute Gasteiger partial charge is 0.493 e. The number of allylic oxidation sites excluding steroid dienone is 2. The van der Waals surface area contributed by atoms with E-state index in [0.29, 0.717) is 0 Å². The van der Waals surface area contributed by atoms with E-state index in [2.05, 4.69) is 4.84 Å². The number of hydrogen-bond donors (Lipinski definition) is 0. The maximum Gasteiger partial charge on any atom is 0.493 e. The minimum absolute atomic E-state index is 0.123. The first-order valence-corrected chi connectivity index (χ1v) is 3.39. The smallest absolute Gasteiger partial charge is 0.333 e. The maximum atomic E-state index is 11.7. The lowest BCUT2D eigenvalue weighted by Crippen LogP contribution is -2.32. The van der Waals surface area contributed by atoms with E-state index in [4.69, 9.17) is 0 Å². The van der Waals surface area contributed by atoms with Gasteiger partial charge in [0.2, 0.25) is 0 Å². The second kappa shape index (κ2) is 3.51. The average Bonchev–Trinajstić information content (AvgIpc) is 2.04. The number of nitrogens with zero attached hydrogens (tertiary/aromatic N) is 1. The molecule has 3 nitrogen and oxygen atoms in total. The van der Waals surface area contributed by atoms with Gasteiger partial charge in [0.25, 0.3) is 0 Å². The van der Waals surface area contributed by atoms with E-state index in [-0.39, 0.29) is 6.54 Å². The highest BCUT2D eigenvalue weighted by Gasteiger charge is 2.42. The van der Waals surface area contributed by atoms with Crippen LogP contribution in [0.1, 0.15) is 0 Å². The molecule has 0 aromatic carbocycles. The van der Waals surface area contributed by atoms with E-state index in [1.54, 1.807) is 12.2 Å². The highest BCUT2D eigenvalue weighted by molar-refractivity contribution is 5.75. The van der Waals surface area contributed by atoms with Crippen LogP contribution in [0.25, 0.3) is 0 Å². The van der Waals surface area contributed by atoms with Gasteiger partial charge in [-0.1, -0.05) is 12.2 Å². The summed E-state index contributed by atoms with van der Waals surface area (Å²) in [5.41, 5.74) is 0. The summed E-state index contributed by atoms with van der Waals surface area (Å²) in [6.45, 7) is 0.123. The summed E-state index contributed by atoms with van der Waals surface area (Å²) >= 11 is 0. The first kappa shape index (κ1) is 9.63. The fourth-order valence-electron chi connectivity index (χ4n) is 0.676. The molecular weight excluding hydrogens is 187 g/mol. The van der Waals surface area contributed by atoms with Crippen LogP contribution in [0.4, 0.5) is 13.2 Å². The molecule has 0 spiro atoms. The molecule has 0 unspecified atom stereocenters. The Labute approximate surface area is 72.0 Å². The molecule has 6 heteroatoms. The van der Waals surface area contributed by atoms with E-state index in [9.17, 15) is 18.0 Å². The molecule has 72 valence electrons. The second-order valence-electron chi connectivity index (χ2n) is 2.25. The van der Waals surface area contributed by atoms with Gasteiger partial charge in [0.05, 0.1) is 6.54 Å². The molecule has 1 aliphatic rings. The number of carbonyl (C=O) groups excluding carboxylic acids is 1. The molecule has 0 fully saturated rings. The van der Waals surface area contributed by atoms with Crippen molar-refractivity contribution in [2.75, 3.05) is 6.54 Å². The Bertz CT molecular complexity index is 257. The Morgan fingerprint density at radius 2 is 2.08 bits per heavy atom. The minimum Gasteiger partial charge on any atom is -0.333 e. The van der Waals surface area contributed by atoms with Crippen LogP contribution in [-0.2, 0) is 9.63 Å². The Kier molecular flexibility index (Phi) is 2.60. The van der Waals surface area contributed by atoms with E-state index in [1.807, 2.05) is 0 Å². The summed E-state index contributed by atoms with van der Waals surface area (Å²) in [4.78, 5) is 14.3. The maximum absolute atomic E-state index is 11.7. The Morgan fingerprint density at radius 1 is 1.38 bits per heavy atom. The quantitative estimate of drug-likeness (QED) is 0.630. The van der Waals surface area contributed by atoms with Crippen LogP contribution in [0.15, 0.2) is 24.4 Å². The van der Waals surface area contributed by atoms with Gasteiger partial charge in [0.15, 0.2) is 0 Å². The topological polar surface area (TPSA) is 29.5 Å². The first-order chi connectivity index (χ1) is 6.00. The molecule has 1 rings (SSSR count). The summed E-state index contributed by atoms with van der Waals surface area (Å²) in [5, 5.41) is 0.801. The van der Waals surface area contributed by atoms with Gasteiger partial charge in [-0.2, -0.15) is 13.2 Å². The van der Waals surface area contributed by atoms with Gasteiger partial charge in [-0.3, -0.25) is 0 Å². The number of rotatable bonds is 1. The Morgan fingerprint density at radius 3 is 2.54 bits per heavy atom. The molecule has 0 aromatic heterocycles. The average molecular weight is 193 g/mol. The number of hydrogen-bond acceptors (Lipinski definition) is 3. The lowest BCUT2D eigenvalue weighted by molar-refractivity contribution is -0.228. The fourth-order valence-corrected chi connectivity index (χ4v) is 0.676. The second-order valence-corrected chi connectivity index (χ2v) is 2.25. The van der Waals surface area contributed by atoms with Gasteiger partial charge in [-0.05, 0) is 6.08 Å². The monoisotopic (exact) mass is 193 g/mol. The minimum atomic E-state index is -4.95. The van der Waals surface area contributed by atoms with Crippen LogP contribution < -0.4 is 0 Å². The summed E-state index contributed by atoms with van der Waals surface area (Å²) in [5.74, 6) is -2.22. The lowest BCUT2D eigenvalue weighted by Gasteiger charge is -2.19. The Hall–Kier alpha value is -1.46. The molecule has 0 N–H and O–H groups in total. The van der Waals surface area contributed by atoms with Gasteiger partial charge in [0.1, 0.15) is 0 Å². The van der Waals surface area contributed by atoms with Crippen molar-refractivity contribution < 1.29 is 22.8 Å². The first-order valence-electron chi connectivity index (χ1n) is 3.39. The van der Waals surface area contributed by atoms with Crippen molar-refractivity contribution in [2.24, 2.45) is 0 Å². The molecule has 1 heterocycles. The summed E-state index contributed by atoms with van der Waals surface area (Å²) in [6.07, 6.45) is 0.952. The van der Waals surface area contributed by atoms with Crippen molar-refractivity contribution in [3.8, 4) is 0 Å². The third-order valence-electron chi connectivity index (χ3n) is 1.22. The molecule has 0 bridgehead atoms. The zero-order chi connectivity index (χ0) is 9.90. The van der Waals surface area contributed by atoms with Crippen molar-refractivity contribution >= 4 is 5.97 Å². The van der Waals surface area contributed by atoms with Gasteiger partial charge in [-0.25, -0.2) is 9.86 Å². The fraction of sp³-hybridized carbons (Fsp3) is 0.286. The highest BCUT2D eigenvalue weighted by atomic mass is 19.4. The molecule has 0 aliphatic carbocycles. The summed E-state index contributed by atoms with van der Waals surface area (Å²) in [7, 11) is 0. The highest BCUT2D eigenvalue weighted by Crippen LogP contribution is 2.17. The van der Waals surface area contributed by atoms with Gasteiger partial charge >= 0.3 is 12.1 Å². The summed E-state index contributed by atoms with van der Waals surface area (Å²) < 4.78 is 35.0. The SMILES string of the molecule is O=C(ON1C=CC=CC1)C(F)(F)F. The standard InChI is InChI=1S/C7H6F3NO2/c8-7(9,10)6(12)13-11-4-2-1-3-5-11/h1-4H,5H2. The molecule has 0 amide bonds. The van der Waals surface area contributed by atoms with E-state index in [0.717, 1.165) is 5.06 Å². The van der Waals surface area contributed by atoms with Gasteiger partial charge in [-0.15, -0.1) is 0 Å². The molecule has 0 saturated heterocycles. The molecule has 0 atom stereocenters. The zero-order valence-electron chi connectivity index (χ0n) is 6.41. The lowest BCUT2D eigenvalue weighted by atomic mass is 10.4. The van der Waals surface area contributed by atoms with Crippen molar-refractivity contribution in [2.45, 2.75) is 6.18 Å². The number of halogens is 3. The molecular formula is C7H6F3NO2. The van der Waals surface area contributed by atoms with Crippen LogP contribution in [0, 0.1) is 0 Å². The van der Waals surface area contributed by atoms with Gasteiger partial charge in [0, 0.05) is 6.20 Å². The number of carbonyl (C=O) groups is 1. The van der Waals surface area contributed by atoms with Crippen LogP contribution in [-0.4, -0.2) is 23.8 Å². The molecule has 0 saturated carbocycles. The molecule has 0 aromatic rings. The number of alkyl halides is 3. The van der Waals surface area contributed by atoms with E-state index < -0.39 is 12.1 Å². The zero-order valence-corrected chi connectivity index (χ0v) is 6.41. The molecule has 1 aliphatic heterocycles. The van der Waals surface area contributed by atoms with Gasteiger partial charge < -0.3 is 4.84 Å². The van der Waals surface area contributed by atoms with E-state index in [1.165, 1.54) is 12.3 Å². The summed E-state index contributed by atoms with van der Waals surface area (Å²) in [6, 6.07) is 0. The Balaban J connectivity index is 2.46. The van der Waals surface area contributed by atoms with Crippen LogP contribution >= 0.6 is 0 Å². The van der Waals surface area contributed by atoms with Crippen molar-refractivity contribution in [1.29, 1.82) is 0 Å². The molecule has 0 radical (unpaired) electrons. The van der Waals surface area contributed by atoms with Crippen LogP contribution in [0.5, 0.6) is 0 Å². The normalized spacial score (nSPS) is 16.1. The third kappa shape index (κ3) is 2.81. The van der Waals surface area contributed by atoms with E-state index >= 15 is 0 Å². The predicted molar refractivity (Wildman–Crippen MR) is 37.1 cm³/mol. The predicted octanol–water partition coefficient (Wildman–Crippen LogP) is 1.39. The van der Waals surface area contributed by atoms with Crippen molar-refractivity contribution in [3.05, 3.63) is 24.4 Å². The third-order valence-corrected chi connectivity index (χ3v) is 1.22. The van der Waals surface area contributed by atoms with Crippen molar-refractivity contribution in [3.63, 3.8) is 0 Å². The molecule has 13 heavy (non-hydrogen) atoms.